The number of ether oxygens (including phenoxy) is 1. The number of para-hydroxylation sites is 1. The number of hydrogen-bond acceptors (Lipinski definition) is 3. The van der Waals surface area contributed by atoms with Crippen LogP contribution in [0.3, 0.4) is 0 Å². The van der Waals surface area contributed by atoms with Crippen LogP contribution in [0, 0.1) is 0 Å². The van der Waals surface area contributed by atoms with E-state index < -0.39 is 0 Å². The molecule has 6 heteroatoms. The highest BCUT2D eigenvalue weighted by Crippen LogP contribution is 2.09. The van der Waals surface area contributed by atoms with Crippen molar-refractivity contribution < 1.29 is 9.53 Å². The lowest BCUT2D eigenvalue weighted by atomic mass is 10.3. The first-order valence-corrected chi connectivity index (χ1v) is 7.07. The number of rotatable bonds is 4. The molecular formula is C14H19N3O2S. The van der Waals surface area contributed by atoms with Gasteiger partial charge in [-0.1, -0.05) is 18.2 Å². The van der Waals surface area contributed by atoms with Crippen molar-refractivity contribution in [3.8, 4) is 5.75 Å². The van der Waals surface area contributed by atoms with Gasteiger partial charge in [-0.2, -0.15) is 0 Å². The van der Waals surface area contributed by atoms with Gasteiger partial charge in [0.1, 0.15) is 5.75 Å². The third-order valence-corrected chi connectivity index (χ3v) is 3.53. The third-order valence-electron chi connectivity index (χ3n) is 3.27. The molecule has 1 amide bonds. The average molecular weight is 293 g/mol. The van der Waals surface area contributed by atoms with Gasteiger partial charge in [0.15, 0.2) is 5.11 Å². The van der Waals surface area contributed by atoms with Crippen LogP contribution >= 0.6 is 12.2 Å². The fraction of sp³-hybridized carbons (Fsp3) is 0.429. The van der Waals surface area contributed by atoms with Crippen LogP contribution in [0.15, 0.2) is 30.3 Å². The lowest BCUT2D eigenvalue weighted by molar-refractivity contribution is -0.132. The van der Waals surface area contributed by atoms with Gasteiger partial charge in [0.05, 0.1) is 13.0 Å². The molecule has 0 aliphatic carbocycles. The Hall–Kier alpha value is -1.82. The molecule has 20 heavy (non-hydrogen) atoms. The first kappa shape index (κ1) is 14.6. The van der Waals surface area contributed by atoms with Gasteiger partial charge in [-0.25, -0.2) is 0 Å². The Kier molecular flexibility index (Phi) is 5.17. The van der Waals surface area contributed by atoms with Gasteiger partial charge in [0.2, 0.25) is 5.91 Å². The van der Waals surface area contributed by atoms with Crippen molar-refractivity contribution in [1.82, 2.24) is 9.80 Å². The summed E-state index contributed by atoms with van der Waals surface area (Å²) in [6.45, 7) is 3.16. The van der Waals surface area contributed by atoms with Gasteiger partial charge in [-0.15, -0.1) is 0 Å². The number of hydrogen-bond donors (Lipinski definition) is 1. The maximum absolute atomic E-state index is 12.0. The maximum atomic E-state index is 12.0. The smallest absolute Gasteiger partial charge is 0.226 e. The molecule has 0 radical (unpaired) electrons. The Labute approximate surface area is 124 Å². The van der Waals surface area contributed by atoms with Crippen LogP contribution in [0.4, 0.5) is 0 Å². The number of carbonyl (C=O) groups excluding carboxylic acids is 1. The Morgan fingerprint density at radius 1 is 1.15 bits per heavy atom. The molecule has 0 saturated carbocycles. The molecule has 0 aromatic heterocycles. The standard InChI is InChI=1S/C14H19N3O2S/c15-14(20)17-9-7-16(8-10-17)13(18)6-11-19-12-4-2-1-3-5-12/h1-5H,6-11H2,(H2,15,20). The van der Waals surface area contributed by atoms with Crippen molar-refractivity contribution >= 4 is 23.2 Å². The quantitative estimate of drug-likeness (QED) is 0.834. The summed E-state index contributed by atoms with van der Waals surface area (Å²) in [7, 11) is 0. The zero-order valence-corrected chi connectivity index (χ0v) is 12.1. The van der Waals surface area contributed by atoms with E-state index >= 15 is 0 Å². The summed E-state index contributed by atoms with van der Waals surface area (Å²) in [6, 6.07) is 9.51. The van der Waals surface area contributed by atoms with E-state index in [4.69, 9.17) is 22.7 Å². The molecule has 1 aliphatic heterocycles. The van der Waals surface area contributed by atoms with Crippen molar-refractivity contribution in [2.75, 3.05) is 32.8 Å². The average Bonchev–Trinajstić information content (AvgIpc) is 2.48. The molecule has 0 spiro atoms. The number of benzene rings is 1. The molecule has 1 aromatic carbocycles. The van der Waals surface area contributed by atoms with Gasteiger partial charge in [-0.3, -0.25) is 4.79 Å². The number of piperazine rings is 1. The van der Waals surface area contributed by atoms with Crippen molar-refractivity contribution in [3.05, 3.63) is 30.3 Å². The van der Waals surface area contributed by atoms with E-state index in [1.165, 1.54) is 0 Å². The lowest BCUT2D eigenvalue weighted by Crippen LogP contribution is -2.52. The molecule has 5 nitrogen and oxygen atoms in total. The second-order valence-corrected chi connectivity index (χ2v) is 5.04. The monoisotopic (exact) mass is 293 g/mol. The van der Waals surface area contributed by atoms with Crippen LogP contribution in [-0.2, 0) is 4.79 Å². The van der Waals surface area contributed by atoms with Crippen molar-refractivity contribution in [3.63, 3.8) is 0 Å². The molecule has 0 bridgehead atoms. The van der Waals surface area contributed by atoms with Gasteiger partial charge in [-0.05, 0) is 24.4 Å². The second-order valence-electron chi connectivity index (χ2n) is 4.62. The first-order chi connectivity index (χ1) is 9.66. The Morgan fingerprint density at radius 3 is 2.35 bits per heavy atom. The predicted molar refractivity (Wildman–Crippen MR) is 81.5 cm³/mol. The van der Waals surface area contributed by atoms with Crippen LogP contribution in [0.1, 0.15) is 6.42 Å². The molecule has 2 rings (SSSR count). The SMILES string of the molecule is NC(=S)N1CCN(C(=O)CCOc2ccccc2)CC1. The minimum absolute atomic E-state index is 0.114. The van der Waals surface area contributed by atoms with Crippen LogP contribution < -0.4 is 10.5 Å². The fourth-order valence-electron chi connectivity index (χ4n) is 2.11. The largest absolute Gasteiger partial charge is 0.493 e. The molecule has 1 aliphatic rings. The zero-order chi connectivity index (χ0) is 14.4. The highest BCUT2D eigenvalue weighted by atomic mass is 32.1. The Bertz CT molecular complexity index is 459. The minimum atomic E-state index is 0.114. The van der Waals surface area contributed by atoms with Crippen LogP contribution in [0.5, 0.6) is 5.75 Å². The normalized spacial score (nSPS) is 15.0. The summed E-state index contributed by atoms with van der Waals surface area (Å²) >= 11 is 4.92. The summed E-state index contributed by atoms with van der Waals surface area (Å²) < 4.78 is 5.53. The fourth-order valence-corrected chi connectivity index (χ4v) is 2.29. The number of amides is 1. The number of nitrogens with zero attached hydrogens (tertiary/aromatic N) is 2. The number of carbonyl (C=O) groups is 1. The van der Waals surface area contributed by atoms with E-state index in [1.54, 1.807) is 0 Å². The molecule has 0 unspecified atom stereocenters. The summed E-state index contributed by atoms with van der Waals surface area (Å²) in [5.41, 5.74) is 5.57. The van der Waals surface area contributed by atoms with Crippen molar-refractivity contribution in [1.29, 1.82) is 0 Å². The summed E-state index contributed by atoms with van der Waals surface area (Å²) in [5, 5.41) is 0.407. The van der Waals surface area contributed by atoms with E-state index in [0.717, 1.165) is 5.75 Å². The highest BCUT2D eigenvalue weighted by molar-refractivity contribution is 7.80. The van der Waals surface area contributed by atoms with E-state index in [2.05, 4.69) is 0 Å². The maximum Gasteiger partial charge on any atom is 0.226 e. The van der Waals surface area contributed by atoms with Gasteiger partial charge in [0.25, 0.3) is 0 Å². The molecule has 2 N–H and O–H groups in total. The van der Waals surface area contributed by atoms with E-state index in [-0.39, 0.29) is 5.91 Å². The first-order valence-electron chi connectivity index (χ1n) is 6.67. The van der Waals surface area contributed by atoms with Crippen molar-refractivity contribution in [2.45, 2.75) is 6.42 Å². The number of nitrogens with two attached hydrogens (primary N) is 1. The van der Waals surface area contributed by atoms with Gasteiger partial charge < -0.3 is 20.3 Å². The van der Waals surface area contributed by atoms with Gasteiger partial charge in [0, 0.05) is 26.2 Å². The van der Waals surface area contributed by atoms with Crippen LogP contribution in [-0.4, -0.2) is 53.6 Å². The zero-order valence-electron chi connectivity index (χ0n) is 11.3. The van der Waals surface area contributed by atoms with Crippen LogP contribution in [0.2, 0.25) is 0 Å². The van der Waals surface area contributed by atoms with Gasteiger partial charge >= 0.3 is 0 Å². The number of thiocarbonyl (C=S) groups is 1. The molecule has 1 aromatic rings. The summed E-state index contributed by atoms with van der Waals surface area (Å²) in [5.74, 6) is 0.905. The molecule has 1 saturated heterocycles. The highest BCUT2D eigenvalue weighted by Gasteiger charge is 2.21. The lowest BCUT2D eigenvalue weighted by Gasteiger charge is -2.35. The molecule has 1 heterocycles. The van der Waals surface area contributed by atoms with E-state index in [0.29, 0.717) is 44.3 Å². The molecule has 1 fully saturated rings. The molecule has 108 valence electrons. The molecular weight excluding hydrogens is 274 g/mol. The van der Waals surface area contributed by atoms with Crippen molar-refractivity contribution in [2.24, 2.45) is 5.73 Å². The Balaban J connectivity index is 1.69. The third kappa shape index (κ3) is 4.09. The van der Waals surface area contributed by atoms with Crippen LogP contribution in [0.25, 0.3) is 0 Å². The summed E-state index contributed by atoms with van der Waals surface area (Å²) in [4.78, 5) is 15.8. The Morgan fingerprint density at radius 2 is 1.75 bits per heavy atom. The topological polar surface area (TPSA) is 58.8 Å². The predicted octanol–water partition coefficient (Wildman–Crippen LogP) is 0.843. The summed E-state index contributed by atoms with van der Waals surface area (Å²) in [6.07, 6.45) is 0.391. The van der Waals surface area contributed by atoms with E-state index in [9.17, 15) is 4.79 Å². The van der Waals surface area contributed by atoms with E-state index in [1.807, 2.05) is 40.1 Å². The molecule has 0 atom stereocenters. The second kappa shape index (κ2) is 7.09. The minimum Gasteiger partial charge on any atom is -0.493 e.